The standard InChI is InChI=1S/C23H27N3O3S/c1-28-19-11-15-7-9-26(14-16(15)12-20(19)29-2)10-8-22(27)25-23-18(13-24)17-5-3-4-6-21(17)30-23/h11-12H,3-10,14H2,1-2H3,(H,25,27). The molecule has 0 saturated heterocycles. The van der Waals surface area contributed by atoms with Crippen molar-refractivity contribution in [3.63, 3.8) is 0 Å². The molecule has 1 amide bonds. The van der Waals surface area contributed by atoms with E-state index in [1.807, 2.05) is 6.07 Å². The van der Waals surface area contributed by atoms with Crippen LogP contribution in [0.5, 0.6) is 11.5 Å². The van der Waals surface area contributed by atoms with Crippen LogP contribution in [-0.4, -0.2) is 38.1 Å². The molecule has 2 aliphatic rings. The molecule has 2 aromatic rings. The average molecular weight is 426 g/mol. The third-order valence-electron chi connectivity index (χ3n) is 5.99. The fourth-order valence-corrected chi connectivity index (χ4v) is 5.61. The predicted octanol–water partition coefficient (Wildman–Crippen LogP) is 3.90. The quantitative estimate of drug-likeness (QED) is 0.760. The van der Waals surface area contributed by atoms with E-state index in [2.05, 4.69) is 22.4 Å². The third kappa shape index (κ3) is 4.16. The molecule has 0 spiro atoms. The number of nitrogens with zero attached hydrogens (tertiary/aromatic N) is 2. The number of fused-ring (bicyclic) bond motifs is 2. The smallest absolute Gasteiger partial charge is 0.226 e. The van der Waals surface area contributed by atoms with Crippen LogP contribution < -0.4 is 14.8 Å². The maximum absolute atomic E-state index is 12.6. The number of rotatable bonds is 6. The van der Waals surface area contributed by atoms with Crippen LogP contribution in [0.25, 0.3) is 0 Å². The van der Waals surface area contributed by atoms with Crippen molar-refractivity contribution < 1.29 is 14.3 Å². The molecule has 1 aliphatic heterocycles. The van der Waals surface area contributed by atoms with Gasteiger partial charge in [-0.25, -0.2) is 0 Å². The molecular weight excluding hydrogens is 398 g/mol. The van der Waals surface area contributed by atoms with Crippen LogP contribution in [0.3, 0.4) is 0 Å². The number of hydrogen-bond donors (Lipinski definition) is 1. The summed E-state index contributed by atoms with van der Waals surface area (Å²) in [5.41, 5.74) is 4.32. The van der Waals surface area contributed by atoms with Gasteiger partial charge in [0.05, 0.1) is 19.8 Å². The first-order valence-corrected chi connectivity index (χ1v) is 11.2. The first kappa shape index (κ1) is 20.7. The number of carbonyl (C=O) groups is 1. The molecule has 7 heteroatoms. The second kappa shape index (κ2) is 9.07. The van der Waals surface area contributed by atoms with Crippen molar-refractivity contribution in [2.24, 2.45) is 0 Å². The number of methoxy groups -OCH3 is 2. The minimum Gasteiger partial charge on any atom is -0.493 e. The number of anilines is 1. The highest BCUT2D eigenvalue weighted by Gasteiger charge is 2.23. The Kier molecular flexibility index (Phi) is 6.26. The second-order valence-electron chi connectivity index (χ2n) is 7.83. The monoisotopic (exact) mass is 425 g/mol. The van der Waals surface area contributed by atoms with Crippen LogP contribution in [0.1, 0.15) is 46.4 Å². The largest absolute Gasteiger partial charge is 0.493 e. The highest BCUT2D eigenvalue weighted by Crippen LogP contribution is 2.38. The van der Waals surface area contributed by atoms with E-state index < -0.39 is 0 Å². The van der Waals surface area contributed by atoms with Gasteiger partial charge < -0.3 is 14.8 Å². The molecule has 1 aliphatic carbocycles. The maximum atomic E-state index is 12.6. The Hall–Kier alpha value is -2.56. The van der Waals surface area contributed by atoms with Gasteiger partial charge in [0.1, 0.15) is 11.1 Å². The summed E-state index contributed by atoms with van der Waals surface area (Å²) in [6, 6.07) is 6.40. The van der Waals surface area contributed by atoms with Gasteiger partial charge in [-0.3, -0.25) is 9.69 Å². The lowest BCUT2D eigenvalue weighted by molar-refractivity contribution is -0.116. The van der Waals surface area contributed by atoms with E-state index >= 15 is 0 Å². The molecule has 2 heterocycles. The zero-order valence-electron chi connectivity index (χ0n) is 17.5. The lowest BCUT2D eigenvalue weighted by Crippen LogP contribution is -2.33. The number of ether oxygens (including phenoxy) is 2. The Morgan fingerprint density at radius 1 is 1.17 bits per heavy atom. The number of hydrogen-bond acceptors (Lipinski definition) is 6. The van der Waals surface area contributed by atoms with Gasteiger partial charge in [-0.1, -0.05) is 0 Å². The Balaban J connectivity index is 1.36. The van der Waals surface area contributed by atoms with Crippen molar-refractivity contribution in [1.82, 2.24) is 4.90 Å². The number of aryl methyl sites for hydroxylation is 1. The fourth-order valence-electron chi connectivity index (χ4n) is 4.35. The van der Waals surface area contributed by atoms with E-state index in [0.29, 0.717) is 18.5 Å². The highest BCUT2D eigenvalue weighted by atomic mass is 32.1. The molecule has 1 aromatic heterocycles. The van der Waals surface area contributed by atoms with Crippen LogP contribution >= 0.6 is 11.3 Å². The summed E-state index contributed by atoms with van der Waals surface area (Å²) < 4.78 is 10.8. The molecular formula is C23H27N3O3S. The minimum atomic E-state index is -0.0248. The van der Waals surface area contributed by atoms with Crippen molar-refractivity contribution in [3.05, 3.63) is 39.3 Å². The van der Waals surface area contributed by atoms with Gasteiger partial charge in [-0.15, -0.1) is 11.3 Å². The van der Waals surface area contributed by atoms with Crippen LogP contribution in [0.15, 0.2) is 12.1 Å². The number of carbonyl (C=O) groups excluding carboxylic acids is 1. The minimum absolute atomic E-state index is 0.0248. The zero-order valence-corrected chi connectivity index (χ0v) is 18.4. The average Bonchev–Trinajstić information content (AvgIpc) is 3.13. The van der Waals surface area contributed by atoms with E-state index in [1.54, 1.807) is 25.6 Å². The Labute approximate surface area is 181 Å². The molecule has 158 valence electrons. The maximum Gasteiger partial charge on any atom is 0.226 e. The molecule has 0 fully saturated rings. The first-order chi connectivity index (χ1) is 14.6. The molecule has 30 heavy (non-hydrogen) atoms. The van der Waals surface area contributed by atoms with Crippen LogP contribution in [-0.2, 0) is 30.6 Å². The second-order valence-corrected chi connectivity index (χ2v) is 8.93. The molecule has 1 aromatic carbocycles. The van der Waals surface area contributed by atoms with Crippen molar-refractivity contribution in [1.29, 1.82) is 5.26 Å². The summed E-state index contributed by atoms with van der Waals surface area (Å²) in [6.45, 7) is 2.39. The van der Waals surface area contributed by atoms with Gasteiger partial charge in [0.15, 0.2) is 11.5 Å². The molecule has 6 nitrogen and oxygen atoms in total. The normalized spacial score (nSPS) is 15.6. The molecule has 0 saturated carbocycles. The van der Waals surface area contributed by atoms with Gasteiger partial charge >= 0.3 is 0 Å². The van der Waals surface area contributed by atoms with Crippen LogP contribution in [0.2, 0.25) is 0 Å². The first-order valence-electron chi connectivity index (χ1n) is 10.4. The van der Waals surface area contributed by atoms with Crippen molar-refractivity contribution in [2.45, 2.75) is 45.1 Å². The van der Waals surface area contributed by atoms with E-state index in [1.165, 1.54) is 22.4 Å². The van der Waals surface area contributed by atoms with Gasteiger partial charge in [0.2, 0.25) is 5.91 Å². The van der Waals surface area contributed by atoms with E-state index in [4.69, 9.17) is 9.47 Å². The molecule has 0 radical (unpaired) electrons. The third-order valence-corrected chi connectivity index (χ3v) is 7.20. The van der Waals surface area contributed by atoms with E-state index in [9.17, 15) is 10.1 Å². The van der Waals surface area contributed by atoms with Crippen molar-refractivity contribution >= 4 is 22.2 Å². The Morgan fingerprint density at radius 3 is 2.63 bits per heavy atom. The van der Waals surface area contributed by atoms with Crippen molar-refractivity contribution in [2.75, 3.05) is 32.6 Å². The van der Waals surface area contributed by atoms with Gasteiger partial charge in [0.25, 0.3) is 0 Å². The molecule has 0 bridgehead atoms. The van der Waals surface area contributed by atoms with Crippen molar-refractivity contribution in [3.8, 4) is 17.6 Å². The summed E-state index contributed by atoms with van der Waals surface area (Å²) in [5, 5.41) is 13.3. The number of amides is 1. The van der Waals surface area contributed by atoms with Gasteiger partial charge in [-0.2, -0.15) is 5.26 Å². The van der Waals surface area contributed by atoms with Crippen LogP contribution in [0.4, 0.5) is 5.00 Å². The summed E-state index contributed by atoms with van der Waals surface area (Å²) in [7, 11) is 3.30. The van der Waals surface area contributed by atoms with Gasteiger partial charge in [-0.05, 0) is 60.9 Å². The predicted molar refractivity (Wildman–Crippen MR) is 117 cm³/mol. The number of benzene rings is 1. The van der Waals surface area contributed by atoms with Gasteiger partial charge in [0, 0.05) is 30.9 Å². The SMILES string of the molecule is COc1cc2c(cc1OC)CN(CCC(=O)Nc1sc3c(c1C#N)CCCC3)CC2. The summed E-state index contributed by atoms with van der Waals surface area (Å²) in [6.07, 6.45) is 5.60. The van der Waals surface area contributed by atoms with E-state index in [0.717, 1.165) is 60.8 Å². The lowest BCUT2D eigenvalue weighted by Gasteiger charge is -2.29. The number of thiophene rings is 1. The zero-order chi connectivity index (χ0) is 21.1. The molecule has 0 atom stereocenters. The summed E-state index contributed by atoms with van der Waals surface area (Å²) in [4.78, 5) is 16.1. The summed E-state index contributed by atoms with van der Waals surface area (Å²) in [5.74, 6) is 1.47. The topological polar surface area (TPSA) is 74.6 Å². The molecule has 1 N–H and O–H groups in total. The highest BCUT2D eigenvalue weighted by molar-refractivity contribution is 7.16. The Morgan fingerprint density at radius 2 is 1.90 bits per heavy atom. The van der Waals surface area contributed by atoms with E-state index in [-0.39, 0.29) is 5.91 Å². The lowest BCUT2D eigenvalue weighted by atomic mass is 9.96. The fraction of sp³-hybridized carbons (Fsp3) is 0.478. The number of nitriles is 1. The van der Waals surface area contributed by atoms with Crippen LogP contribution in [0, 0.1) is 11.3 Å². The number of nitrogens with one attached hydrogen (secondary N) is 1. The summed E-state index contributed by atoms with van der Waals surface area (Å²) >= 11 is 1.58. The Bertz CT molecular complexity index is 993. The molecule has 0 unspecified atom stereocenters. The molecule has 4 rings (SSSR count).